The Bertz CT molecular complexity index is 1780. The quantitative estimate of drug-likeness (QED) is 0.170. The highest BCUT2D eigenvalue weighted by Gasteiger charge is 2.52. The van der Waals surface area contributed by atoms with Gasteiger partial charge in [-0.1, -0.05) is 12.1 Å². The van der Waals surface area contributed by atoms with Crippen molar-refractivity contribution in [1.29, 1.82) is 0 Å². The number of fused-ring (bicyclic) bond motifs is 4. The number of hydrogen-bond donors (Lipinski definition) is 4. The van der Waals surface area contributed by atoms with E-state index >= 15 is 0 Å². The molecule has 5 N–H and O–H groups in total. The van der Waals surface area contributed by atoms with Gasteiger partial charge < -0.3 is 56.1 Å². The largest absolute Gasteiger partial charge is 0.472 e. The van der Waals surface area contributed by atoms with Gasteiger partial charge in [0.2, 0.25) is 0 Å². The van der Waals surface area contributed by atoms with Crippen LogP contribution in [-0.2, 0) is 36.7 Å². The summed E-state index contributed by atoms with van der Waals surface area (Å²) >= 11 is 0. The van der Waals surface area contributed by atoms with Gasteiger partial charge in [-0.15, -0.1) is 0 Å². The Labute approximate surface area is 243 Å². The van der Waals surface area contributed by atoms with Crippen molar-refractivity contribution in [3.8, 4) is 0 Å². The first-order valence-electron chi connectivity index (χ1n) is 12.9. The number of phosphoric acid groups is 1. The molecule has 227 valence electrons. The fraction of sp³-hybridized carbons (Fsp3) is 0.455. The summed E-state index contributed by atoms with van der Waals surface area (Å²) in [5.41, 5.74) is 7.50. The van der Waals surface area contributed by atoms with E-state index in [0.29, 0.717) is 11.0 Å². The van der Waals surface area contributed by atoms with Crippen molar-refractivity contribution < 1.29 is 51.8 Å². The summed E-state index contributed by atoms with van der Waals surface area (Å²) in [7, 11) is -3.48. The summed E-state index contributed by atoms with van der Waals surface area (Å²) in [6, 6.07) is 7.05. The highest BCUT2D eigenvalue weighted by molar-refractivity contribution is 7.79. The lowest BCUT2D eigenvalue weighted by Crippen LogP contribution is -2.39. The molecular formula is C22H24BN7O11P2-. The third-order valence-electron chi connectivity index (χ3n) is 7.38. The van der Waals surface area contributed by atoms with E-state index in [2.05, 4.69) is 19.9 Å². The summed E-state index contributed by atoms with van der Waals surface area (Å²) in [6.45, 7) is -1.29. The van der Waals surface area contributed by atoms with Gasteiger partial charge in [0.15, 0.2) is 23.9 Å². The van der Waals surface area contributed by atoms with Gasteiger partial charge in [-0.2, -0.15) is 0 Å². The Morgan fingerprint density at radius 3 is 2.30 bits per heavy atom. The van der Waals surface area contributed by atoms with Crippen molar-refractivity contribution in [2.24, 2.45) is 0 Å². The van der Waals surface area contributed by atoms with Crippen LogP contribution in [0.3, 0.4) is 0 Å². The van der Waals surface area contributed by atoms with Crippen LogP contribution in [0.15, 0.2) is 43.2 Å². The van der Waals surface area contributed by atoms with Crippen molar-refractivity contribution in [1.82, 2.24) is 29.1 Å². The van der Waals surface area contributed by atoms with Crippen LogP contribution in [0.1, 0.15) is 12.5 Å². The number of para-hydroxylation sites is 2. The number of benzene rings is 1. The molecule has 4 unspecified atom stereocenters. The molecule has 3 fully saturated rings. The summed E-state index contributed by atoms with van der Waals surface area (Å²) < 4.78 is 62.5. The average molecular weight is 635 g/mol. The highest BCUT2D eigenvalue weighted by Crippen LogP contribution is 2.53. The maximum Gasteiger partial charge on any atom is 0.472 e. The van der Waals surface area contributed by atoms with Crippen molar-refractivity contribution in [2.45, 2.75) is 49.1 Å². The van der Waals surface area contributed by atoms with Crippen molar-refractivity contribution in [3.05, 3.63) is 43.2 Å². The third kappa shape index (κ3) is 5.20. The van der Waals surface area contributed by atoms with Gasteiger partial charge in [0.05, 0.1) is 44.4 Å². The predicted octanol–water partition coefficient (Wildman–Crippen LogP) is 0.169. The molecule has 0 bridgehead atoms. The number of nitrogens with two attached hydrogens (primary N) is 1. The molecule has 6 heterocycles. The number of aromatic nitrogens is 6. The normalized spacial score (nSPS) is 38.9. The van der Waals surface area contributed by atoms with Crippen LogP contribution in [0, 0.1) is 0 Å². The summed E-state index contributed by atoms with van der Waals surface area (Å²) in [5, 5.41) is 22.3. The summed E-state index contributed by atoms with van der Waals surface area (Å²) in [5.74, 6) is 0.0824. The first-order chi connectivity index (χ1) is 20.5. The van der Waals surface area contributed by atoms with Gasteiger partial charge in [0.1, 0.15) is 48.5 Å². The number of phosphoric ester groups is 1. The zero-order chi connectivity index (χ0) is 30.1. The molecule has 10 atom stereocenters. The highest BCUT2D eigenvalue weighted by atomic mass is 31.2. The van der Waals surface area contributed by atoms with Crippen LogP contribution in [0.2, 0.25) is 0 Å². The zero-order valence-corrected chi connectivity index (χ0v) is 23.7. The molecule has 0 saturated carbocycles. The maximum absolute atomic E-state index is 13.3. The van der Waals surface area contributed by atoms with Crippen LogP contribution in [0.4, 0.5) is 5.82 Å². The summed E-state index contributed by atoms with van der Waals surface area (Å²) in [4.78, 5) is 27.0. The number of rotatable bonds is 2. The van der Waals surface area contributed by atoms with Crippen LogP contribution >= 0.6 is 15.3 Å². The Hall–Kier alpha value is -2.80. The molecular weight excluding hydrogens is 611 g/mol. The van der Waals surface area contributed by atoms with E-state index in [-0.39, 0.29) is 17.0 Å². The molecule has 3 aliphatic heterocycles. The number of anilines is 1. The van der Waals surface area contributed by atoms with E-state index in [4.69, 9.17) is 40.9 Å². The van der Waals surface area contributed by atoms with Gasteiger partial charge in [-0.05, 0) is 12.1 Å². The molecule has 4 aromatic rings. The van der Waals surface area contributed by atoms with Crippen molar-refractivity contribution in [2.75, 3.05) is 18.9 Å². The fourth-order valence-corrected chi connectivity index (χ4v) is 7.37. The molecule has 3 aliphatic rings. The Balaban J connectivity index is 1.16. The Morgan fingerprint density at radius 1 is 0.884 bits per heavy atom. The molecule has 3 saturated heterocycles. The maximum atomic E-state index is 13.3. The molecule has 1 aromatic carbocycles. The van der Waals surface area contributed by atoms with Gasteiger partial charge in [0, 0.05) is 0 Å². The van der Waals surface area contributed by atoms with E-state index in [0.717, 1.165) is 0 Å². The van der Waals surface area contributed by atoms with E-state index < -0.39 is 77.6 Å². The van der Waals surface area contributed by atoms with Gasteiger partial charge in [-0.25, -0.2) is 24.5 Å². The number of ether oxygens (including phenoxy) is 2. The molecule has 18 nitrogen and oxygen atoms in total. The van der Waals surface area contributed by atoms with E-state index in [1.165, 1.54) is 28.1 Å². The molecule has 0 amide bonds. The van der Waals surface area contributed by atoms with Crippen LogP contribution in [0.5, 0.6) is 0 Å². The van der Waals surface area contributed by atoms with Crippen molar-refractivity contribution >= 4 is 50.9 Å². The zero-order valence-electron chi connectivity index (χ0n) is 21.9. The molecule has 3 radical (unpaired) electrons. The number of aliphatic hydroxyl groups is 2. The Morgan fingerprint density at radius 2 is 1.53 bits per heavy atom. The minimum atomic E-state index is -4.92. The number of nitrogens with zero attached hydrogens (tertiary/aromatic N) is 6. The minimum Gasteiger partial charge on any atom is -0.444 e. The standard InChI is InChI=1S/C22H24BN7O11P2/c23-42(33)36-5-12-18(16(32)21(38-12)29-8-27-10-3-1-2-4-11(10)29)41-43(34,35)37-6-13-17(40-42)15(31)22(39-13)30-9-28-14-19(24)25-7-26-20(14)30/h1-4,7-9,12-13,15-18,21-22,31-32H,5-6H2,(H,34,35)(H2,24,25,26)/q-1/t12-,13-,15+,16?,17?,18+,21-,22-,42?/m1/s1. The lowest BCUT2D eigenvalue weighted by molar-refractivity contribution is -0.0615. The fourth-order valence-electron chi connectivity index (χ4n) is 5.39. The second kappa shape index (κ2) is 10.7. The molecule has 0 aliphatic carbocycles. The molecule has 0 spiro atoms. The number of imidazole rings is 2. The van der Waals surface area contributed by atoms with Gasteiger partial charge in [0.25, 0.3) is 0 Å². The van der Waals surface area contributed by atoms with Gasteiger partial charge >= 0.3 is 7.82 Å². The number of nitrogen functional groups attached to an aromatic ring is 1. The molecule has 21 heteroatoms. The topological polar surface area (TPSA) is 238 Å². The molecule has 3 aromatic heterocycles. The number of aliphatic hydroxyl groups excluding tert-OH is 2. The lowest BCUT2D eigenvalue weighted by Gasteiger charge is -2.34. The SMILES string of the molecule is [B-]P1(=O)OC[C@H]2O[C@@H](n3cnc4ccccc43)C(O)[C@H]2OP(=O)(O)OC[C@H]2O[C@@H](n3cnc4c(N)ncnc43)[C@@H](O)C2O1. The Kier molecular flexibility index (Phi) is 7.19. The summed E-state index contributed by atoms with van der Waals surface area (Å²) in [6.07, 6.45) is -7.13. The first-order valence-corrected chi connectivity index (χ1v) is 16.0. The van der Waals surface area contributed by atoms with Crippen LogP contribution in [-0.4, -0.2) is 102 Å². The smallest absolute Gasteiger partial charge is 0.444 e. The van der Waals surface area contributed by atoms with E-state index in [1.54, 1.807) is 24.3 Å². The minimum absolute atomic E-state index is 0.0824. The molecule has 43 heavy (non-hydrogen) atoms. The second-order valence-corrected chi connectivity index (χ2v) is 13.0. The van der Waals surface area contributed by atoms with Crippen molar-refractivity contribution in [3.63, 3.8) is 0 Å². The predicted molar refractivity (Wildman–Crippen MR) is 144 cm³/mol. The van der Waals surface area contributed by atoms with Crippen LogP contribution in [0.25, 0.3) is 22.2 Å². The lowest BCUT2D eigenvalue weighted by atomic mass is 10.1. The molecule has 7 rings (SSSR count). The monoisotopic (exact) mass is 635 g/mol. The number of hydrogen-bond acceptors (Lipinski definition) is 15. The van der Waals surface area contributed by atoms with Gasteiger partial charge in [-0.3, -0.25) is 13.6 Å². The first kappa shape index (κ1) is 28.9. The van der Waals surface area contributed by atoms with Crippen LogP contribution < -0.4 is 5.73 Å². The third-order valence-corrected chi connectivity index (χ3v) is 9.41. The van der Waals surface area contributed by atoms with E-state index in [9.17, 15) is 24.2 Å². The second-order valence-electron chi connectivity index (χ2n) is 10.1. The average Bonchev–Trinajstić information content (AvgIpc) is 3.72. The van der Waals surface area contributed by atoms with E-state index in [1.807, 2.05) is 0 Å².